The van der Waals surface area contributed by atoms with Crippen molar-refractivity contribution >= 4 is 6.03 Å². The Kier molecular flexibility index (Phi) is 5.32. The van der Waals surface area contributed by atoms with Gasteiger partial charge in [-0.05, 0) is 49.3 Å². The van der Waals surface area contributed by atoms with Crippen LogP contribution in [-0.2, 0) is 13.1 Å². The van der Waals surface area contributed by atoms with Gasteiger partial charge in [0.25, 0.3) is 0 Å². The van der Waals surface area contributed by atoms with Crippen molar-refractivity contribution in [2.75, 3.05) is 20.2 Å². The van der Waals surface area contributed by atoms with Crippen molar-refractivity contribution in [1.82, 2.24) is 19.8 Å². The molecule has 2 fully saturated rings. The molecule has 1 saturated carbocycles. The number of nitrogens with one attached hydrogen (secondary N) is 1. The molecule has 2 aliphatic rings. The topological polar surface area (TPSA) is 59.4 Å². The van der Waals surface area contributed by atoms with Crippen LogP contribution >= 0.6 is 0 Å². The molecule has 1 aliphatic carbocycles. The van der Waals surface area contributed by atoms with Crippen LogP contribution < -0.4 is 10.1 Å². The van der Waals surface area contributed by atoms with Gasteiger partial charge in [-0.25, -0.2) is 9.78 Å². The van der Waals surface area contributed by atoms with Gasteiger partial charge in [-0.1, -0.05) is 12.1 Å². The molecule has 2 heterocycles. The van der Waals surface area contributed by atoms with E-state index in [1.54, 1.807) is 7.11 Å². The number of hydrogen-bond donors (Lipinski definition) is 1. The lowest BCUT2D eigenvalue weighted by molar-refractivity contribution is 0.177. The van der Waals surface area contributed by atoms with Gasteiger partial charge in [-0.15, -0.1) is 0 Å². The van der Waals surface area contributed by atoms with Gasteiger partial charge in [0.15, 0.2) is 0 Å². The summed E-state index contributed by atoms with van der Waals surface area (Å²) in [6, 6.07) is 7.80. The van der Waals surface area contributed by atoms with E-state index in [-0.39, 0.29) is 6.03 Å². The molecular formula is C21H28N4O2. The Labute approximate surface area is 160 Å². The molecule has 144 valence electrons. The average Bonchev–Trinajstić information content (AvgIpc) is 3.41. The van der Waals surface area contributed by atoms with Gasteiger partial charge >= 0.3 is 6.03 Å². The standard InChI is InChI=1S/C21H28N4O2/c1-27-19-8-6-16(7-9-19)13-23-21(26)25-11-2-3-18(15-25)20-22-10-12-24(20)14-17-4-5-17/h6-10,12,17-18H,2-5,11,13-15H2,1H3,(H,23,26). The van der Waals surface area contributed by atoms with Crippen molar-refractivity contribution in [2.24, 2.45) is 5.92 Å². The van der Waals surface area contributed by atoms with Crippen molar-refractivity contribution in [3.63, 3.8) is 0 Å². The summed E-state index contributed by atoms with van der Waals surface area (Å²) in [5.41, 5.74) is 1.07. The lowest BCUT2D eigenvalue weighted by Gasteiger charge is -2.32. The summed E-state index contributed by atoms with van der Waals surface area (Å²) in [6.45, 7) is 3.17. The number of hydrogen-bond acceptors (Lipinski definition) is 3. The highest BCUT2D eigenvalue weighted by Gasteiger charge is 2.29. The summed E-state index contributed by atoms with van der Waals surface area (Å²) in [5, 5.41) is 3.05. The monoisotopic (exact) mass is 368 g/mol. The molecule has 1 unspecified atom stereocenters. The number of aromatic nitrogens is 2. The summed E-state index contributed by atoms with van der Waals surface area (Å²) in [6.07, 6.45) is 8.79. The zero-order chi connectivity index (χ0) is 18.6. The van der Waals surface area contributed by atoms with Gasteiger partial charge < -0.3 is 19.5 Å². The van der Waals surface area contributed by atoms with Crippen molar-refractivity contribution in [2.45, 2.75) is 44.7 Å². The van der Waals surface area contributed by atoms with Crippen LogP contribution in [0.2, 0.25) is 0 Å². The maximum Gasteiger partial charge on any atom is 0.317 e. The molecule has 1 N–H and O–H groups in total. The first kappa shape index (κ1) is 17.9. The number of imidazole rings is 1. The molecule has 1 aromatic carbocycles. The molecule has 0 spiro atoms. The summed E-state index contributed by atoms with van der Waals surface area (Å²) in [4.78, 5) is 19.2. The SMILES string of the molecule is COc1ccc(CNC(=O)N2CCCC(c3nccn3CC3CC3)C2)cc1. The van der Waals surface area contributed by atoms with E-state index < -0.39 is 0 Å². The normalized spacial score (nSPS) is 19.7. The fraction of sp³-hybridized carbons (Fsp3) is 0.524. The Balaban J connectivity index is 1.33. The minimum Gasteiger partial charge on any atom is -0.497 e. The smallest absolute Gasteiger partial charge is 0.317 e. The highest BCUT2D eigenvalue weighted by molar-refractivity contribution is 5.74. The van der Waals surface area contributed by atoms with Gasteiger partial charge in [0.05, 0.1) is 7.11 Å². The Morgan fingerprint density at radius 1 is 1.26 bits per heavy atom. The zero-order valence-corrected chi connectivity index (χ0v) is 15.9. The van der Waals surface area contributed by atoms with E-state index in [0.29, 0.717) is 12.5 Å². The van der Waals surface area contributed by atoms with Crippen molar-refractivity contribution in [3.05, 3.63) is 48.0 Å². The second-order valence-electron chi connectivity index (χ2n) is 7.67. The van der Waals surface area contributed by atoms with Crippen LogP contribution in [0.3, 0.4) is 0 Å². The number of piperidine rings is 1. The molecule has 2 aromatic rings. The van der Waals surface area contributed by atoms with E-state index in [4.69, 9.17) is 4.74 Å². The number of methoxy groups -OCH3 is 1. The summed E-state index contributed by atoms with van der Waals surface area (Å²) < 4.78 is 7.48. The number of carbonyl (C=O) groups excluding carboxylic acids is 1. The third-order valence-corrected chi connectivity index (χ3v) is 5.58. The summed E-state index contributed by atoms with van der Waals surface area (Å²) in [5.74, 6) is 3.13. The van der Waals surface area contributed by atoms with Gasteiger partial charge in [0.2, 0.25) is 0 Å². The number of amides is 2. The largest absolute Gasteiger partial charge is 0.497 e. The van der Waals surface area contributed by atoms with Crippen molar-refractivity contribution in [3.8, 4) is 5.75 Å². The van der Waals surface area contributed by atoms with Crippen molar-refractivity contribution < 1.29 is 9.53 Å². The average molecular weight is 368 g/mol. The van der Waals surface area contributed by atoms with E-state index in [2.05, 4.69) is 21.1 Å². The predicted octanol–water partition coefficient (Wildman–Crippen LogP) is 3.39. The van der Waals surface area contributed by atoms with Crippen LogP contribution in [-0.4, -0.2) is 40.7 Å². The number of benzene rings is 1. The molecule has 0 bridgehead atoms. The van der Waals surface area contributed by atoms with E-state index in [1.165, 1.54) is 12.8 Å². The minimum absolute atomic E-state index is 0.0100. The fourth-order valence-electron chi connectivity index (χ4n) is 3.82. The first-order valence-electron chi connectivity index (χ1n) is 9.89. The molecule has 2 amide bonds. The third-order valence-electron chi connectivity index (χ3n) is 5.58. The van der Waals surface area contributed by atoms with E-state index in [1.807, 2.05) is 35.4 Å². The van der Waals surface area contributed by atoms with Gasteiger partial charge in [-0.3, -0.25) is 0 Å². The van der Waals surface area contributed by atoms with Crippen molar-refractivity contribution in [1.29, 1.82) is 0 Å². The van der Waals surface area contributed by atoms with E-state index >= 15 is 0 Å². The molecule has 6 heteroatoms. The second-order valence-corrected chi connectivity index (χ2v) is 7.67. The fourth-order valence-corrected chi connectivity index (χ4v) is 3.82. The number of ether oxygens (including phenoxy) is 1. The van der Waals surface area contributed by atoms with Crippen LogP contribution in [0.1, 0.15) is 43.0 Å². The first-order chi connectivity index (χ1) is 13.2. The minimum atomic E-state index is 0.0100. The summed E-state index contributed by atoms with van der Waals surface area (Å²) >= 11 is 0. The second kappa shape index (κ2) is 8.03. The lowest BCUT2D eigenvalue weighted by atomic mass is 9.97. The molecule has 27 heavy (non-hydrogen) atoms. The van der Waals surface area contributed by atoms with Gasteiger partial charge in [0.1, 0.15) is 11.6 Å². The van der Waals surface area contributed by atoms with E-state index in [0.717, 1.165) is 55.5 Å². The molecular weight excluding hydrogens is 340 g/mol. The Bertz CT molecular complexity index is 767. The number of likely N-dealkylation sites (tertiary alicyclic amines) is 1. The highest BCUT2D eigenvalue weighted by Crippen LogP contribution is 2.33. The number of urea groups is 1. The molecule has 0 radical (unpaired) electrons. The predicted molar refractivity (Wildman–Crippen MR) is 104 cm³/mol. The molecule has 6 nitrogen and oxygen atoms in total. The number of carbonyl (C=O) groups is 1. The quantitative estimate of drug-likeness (QED) is 0.850. The number of nitrogens with zero attached hydrogens (tertiary/aromatic N) is 3. The van der Waals surface area contributed by atoms with Gasteiger partial charge in [-0.2, -0.15) is 0 Å². The Morgan fingerprint density at radius 2 is 2.07 bits per heavy atom. The first-order valence-corrected chi connectivity index (χ1v) is 9.89. The maximum absolute atomic E-state index is 12.6. The molecule has 1 saturated heterocycles. The summed E-state index contributed by atoms with van der Waals surface area (Å²) in [7, 11) is 1.65. The maximum atomic E-state index is 12.6. The molecule has 1 atom stereocenters. The van der Waals surface area contributed by atoms with Crippen LogP contribution in [0.15, 0.2) is 36.7 Å². The number of rotatable bonds is 6. The molecule has 1 aliphatic heterocycles. The Hall–Kier alpha value is -2.50. The molecule has 1 aromatic heterocycles. The van der Waals surface area contributed by atoms with Gasteiger partial charge in [0, 0.05) is 44.5 Å². The third kappa shape index (κ3) is 4.43. The highest BCUT2D eigenvalue weighted by atomic mass is 16.5. The van der Waals surface area contributed by atoms with Crippen LogP contribution in [0, 0.1) is 5.92 Å². The zero-order valence-electron chi connectivity index (χ0n) is 15.9. The lowest BCUT2D eigenvalue weighted by Crippen LogP contribution is -2.45. The molecule has 4 rings (SSSR count). The Morgan fingerprint density at radius 3 is 2.81 bits per heavy atom. The van der Waals surface area contributed by atoms with Crippen LogP contribution in [0.5, 0.6) is 5.75 Å². The van der Waals surface area contributed by atoms with E-state index in [9.17, 15) is 4.79 Å². The van der Waals surface area contributed by atoms with Crippen LogP contribution in [0.25, 0.3) is 0 Å². The van der Waals surface area contributed by atoms with Crippen LogP contribution in [0.4, 0.5) is 4.79 Å².